The van der Waals surface area contributed by atoms with Gasteiger partial charge in [0.1, 0.15) is 5.82 Å². The van der Waals surface area contributed by atoms with Crippen molar-refractivity contribution in [3.63, 3.8) is 0 Å². The number of hydrogen-bond acceptors (Lipinski definition) is 3. The Hall–Kier alpha value is -1.13. The van der Waals surface area contributed by atoms with Gasteiger partial charge in [-0.1, -0.05) is 0 Å². The second-order valence-corrected chi connectivity index (χ2v) is 5.19. The van der Waals surface area contributed by atoms with E-state index in [1.165, 1.54) is 12.1 Å². The molecule has 1 atom stereocenters. The monoisotopic (exact) mass is 251 g/mol. The van der Waals surface area contributed by atoms with Crippen molar-refractivity contribution >= 4 is 5.69 Å². The van der Waals surface area contributed by atoms with Crippen LogP contribution < -0.4 is 10.2 Å². The van der Waals surface area contributed by atoms with Crippen LogP contribution in [0.2, 0.25) is 0 Å². The molecular formula is C14H22FN3. The zero-order valence-corrected chi connectivity index (χ0v) is 11.2. The van der Waals surface area contributed by atoms with E-state index in [2.05, 4.69) is 29.2 Å². The Morgan fingerprint density at radius 1 is 1.33 bits per heavy atom. The smallest absolute Gasteiger partial charge is 0.123 e. The fourth-order valence-electron chi connectivity index (χ4n) is 2.45. The first-order valence-corrected chi connectivity index (χ1v) is 6.54. The van der Waals surface area contributed by atoms with Crippen LogP contribution in [0.1, 0.15) is 6.42 Å². The van der Waals surface area contributed by atoms with Crippen LogP contribution in [-0.2, 0) is 0 Å². The molecule has 1 aliphatic rings. The number of benzene rings is 1. The fourth-order valence-corrected chi connectivity index (χ4v) is 2.45. The molecular weight excluding hydrogens is 229 g/mol. The van der Waals surface area contributed by atoms with Crippen LogP contribution in [0.4, 0.5) is 10.1 Å². The maximum absolute atomic E-state index is 12.9. The van der Waals surface area contributed by atoms with Gasteiger partial charge >= 0.3 is 0 Å². The molecule has 1 N–H and O–H groups in total. The first-order chi connectivity index (χ1) is 8.65. The Balaban J connectivity index is 2.04. The molecule has 0 radical (unpaired) electrons. The summed E-state index contributed by atoms with van der Waals surface area (Å²) in [5, 5.41) is 3.57. The third-order valence-electron chi connectivity index (χ3n) is 3.26. The molecule has 3 nitrogen and oxygen atoms in total. The summed E-state index contributed by atoms with van der Waals surface area (Å²) in [4.78, 5) is 4.54. The summed E-state index contributed by atoms with van der Waals surface area (Å²) in [6.07, 6.45) is 1.13. The molecule has 1 heterocycles. The second-order valence-electron chi connectivity index (χ2n) is 5.19. The predicted octanol–water partition coefficient (Wildman–Crippen LogP) is 1.56. The molecule has 1 aromatic rings. The summed E-state index contributed by atoms with van der Waals surface area (Å²) in [5.74, 6) is -0.170. The van der Waals surface area contributed by atoms with Crippen LogP contribution in [0.25, 0.3) is 0 Å². The Bertz CT molecular complexity index is 364. The van der Waals surface area contributed by atoms with Crippen LogP contribution in [-0.4, -0.2) is 51.2 Å². The van der Waals surface area contributed by atoms with Gasteiger partial charge in [0.05, 0.1) is 0 Å². The van der Waals surface area contributed by atoms with Crippen molar-refractivity contribution in [1.29, 1.82) is 0 Å². The second kappa shape index (κ2) is 6.16. The molecule has 1 saturated heterocycles. The van der Waals surface area contributed by atoms with E-state index in [1.54, 1.807) is 0 Å². The highest BCUT2D eigenvalue weighted by Gasteiger charge is 2.18. The van der Waals surface area contributed by atoms with Gasteiger partial charge < -0.3 is 15.1 Å². The summed E-state index contributed by atoms with van der Waals surface area (Å²) >= 11 is 0. The molecule has 0 bridgehead atoms. The van der Waals surface area contributed by atoms with Crippen molar-refractivity contribution in [1.82, 2.24) is 10.2 Å². The van der Waals surface area contributed by atoms with Gasteiger partial charge in [0.15, 0.2) is 0 Å². The van der Waals surface area contributed by atoms with Gasteiger partial charge in [-0.15, -0.1) is 0 Å². The average Bonchev–Trinajstić information content (AvgIpc) is 2.55. The number of nitrogens with zero attached hydrogens (tertiary/aromatic N) is 2. The van der Waals surface area contributed by atoms with Gasteiger partial charge in [-0.05, 0) is 51.3 Å². The predicted molar refractivity (Wildman–Crippen MR) is 73.6 cm³/mol. The Morgan fingerprint density at radius 3 is 2.72 bits per heavy atom. The van der Waals surface area contributed by atoms with Crippen molar-refractivity contribution in [2.24, 2.45) is 0 Å². The van der Waals surface area contributed by atoms with Crippen molar-refractivity contribution in [2.45, 2.75) is 12.5 Å². The lowest BCUT2D eigenvalue weighted by atomic mass is 10.2. The summed E-state index contributed by atoms with van der Waals surface area (Å²) in [6.45, 7) is 4.08. The Labute approximate surface area is 109 Å². The van der Waals surface area contributed by atoms with Crippen LogP contribution in [0.15, 0.2) is 24.3 Å². The lowest BCUT2D eigenvalue weighted by molar-refractivity contribution is 0.346. The van der Waals surface area contributed by atoms with E-state index >= 15 is 0 Å². The van der Waals surface area contributed by atoms with Crippen LogP contribution >= 0.6 is 0 Å². The van der Waals surface area contributed by atoms with Crippen LogP contribution in [0.5, 0.6) is 0 Å². The molecule has 4 heteroatoms. The topological polar surface area (TPSA) is 18.5 Å². The third-order valence-corrected chi connectivity index (χ3v) is 3.26. The van der Waals surface area contributed by atoms with E-state index < -0.39 is 0 Å². The lowest BCUT2D eigenvalue weighted by Gasteiger charge is -2.28. The third kappa shape index (κ3) is 3.68. The number of rotatable bonds is 3. The van der Waals surface area contributed by atoms with E-state index in [9.17, 15) is 4.39 Å². The molecule has 0 spiro atoms. The van der Waals surface area contributed by atoms with Gasteiger partial charge in [-0.2, -0.15) is 0 Å². The van der Waals surface area contributed by atoms with Gasteiger partial charge in [0.2, 0.25) is 0 Å². The van der Waals surface area contributed by atoms with Crippen LogP contribution in [0, 0.1) is 5.82 Å². The number of halogens is 1. The summed E-state index contributed by atoms with van der Waals surface area (Å²) in [5.41, 5.74) is 1.11. The maximum atomic E-state index is 12.9. The van der Waals surface area contributed by atoms with Gasteiger partial charge in [-0.25, -0.2) is 4.39 Å². The Kier molecular flexibility index (Phi) is 4.55. The quantitative estimate of drug-likeness (QED) is 0.879. The highest BCUT2D eigenvalue weighted by molar-refractivity contribution is 5.46. The minimum absolute atomic E-state index is 0.170. The molecule has 1 fully saturated rings. The molecule has 100 valence electrons. The molecule has 0 aliphatic carbocycles. The summed E-state index contributed by atoms with van der Waals surface area (Å²) in [7, 11) is 4.18. The average molecular weight is 251 g/mol. The van der Waals surface area contributed by atoms with E-state index in [0.29, 0.717) is 6.04 Å². The highest BCUT2D eigenvalue weighted by Crippen LogP contribution is 2.17. The van der Waals surface area contributed by atoms with Crippen molar-refractivity contribution in [3.05, 3.63) is 30.1 Å². The standard InChI is InChI=1S/C14H22FN3/c1-17(2)10-13-11-18(9-3-8-16-13)14-6-4-12(15)5-7-14/h4-7,13,16H,3,8-11H2,1-2H3. The number of anilines is 1. The molecule has 1 aliphatic heterocycles. The van der Waals surface area contributed by atoms with E-state index in [4.69, 9.17) is 0 Å². The van der Waals surface area contributed by atoms with E-state index in [-0.39, 0.29) is 5.82 Å². The number of hydrogen-bond donors (Lipinski definition) is 1. The first kappa shape index (κ1) is 13.3. The molecule has 0 amide bonds. The largest absolute Gasteiger partial charge is 0.370 e. The van der Waals surface area contributed by atoms with Gasteiger partial charge in [0.25, 0.3) is 0 Å². The molecule has 0 saturated carbocycles. The summed E-state index contributed by atoms with van der Waals surface area (Å²) < 4.78 is 12.9. The number of nitrogens with one attached hydrogen (secondary N) is 1. The van der Waals surface area contributed by atoms with Gasteiger partial charge in [0, 0.05) is 31.4 Å². The van der Waals surface area contributed by atoms with Crippen molar-refractivity contribution in [3.8, 4) is 0 Å². The zero-order chi connectivity index (χ0) is 13.0. The van der Waals surface area contributed by atoms with E-state index in [0.717, 1.165) is 38.3 Å². The van der Waals surface area contributed by atoms with Crippen molar-refractivity contribution in [2.75, 3.05) is 45.2 Å². The van der Waals surface area contributed by atoms with Crippen LogP contribution in [0.3, 0.4) is 0 Å². The minimum atomic E-state index is -0.170. The lowest BCUT2D eigenvalue weighted by Crippen LogP contribution is -2.44. The number of likely N-dealkylation sites (N-methyl/N-ethyl adjacent to an activating group) is 1. The summed E-state index contributed by atoms with van der Waals surface area (Å²) in [6, 6.07) is 7.27. The zero-order valence-electron chi connectivity index (χ0n) is 11.2. The first-order valence-electron chi connectivity index (χ1n) is 6.54. The molecule has 0 aromatic heterocycles. The SMILES string of the molecule is CN(C)CC1CN(c2ccc(F)cc2)CCCN1. The molecule has 2 rings (SSSR count). The molecule has 18 heavy (non-hydrogen) atoms. The minimum Gasteiger partial charge on any atom is -0.370 e. The fraction of sp³-hybridized carbons (Fsp3) is 0.571. The van der Waals surface area contributed by atoms with Gasteiger partial charge in [-0.3, -0.25) is 0 Å². The van der Waals surface area contributed by atoms with E-state index in [1.807, 2.05) is 12.1 Å². The molecule has 1 unspecified atom stereocenters. The molecule has 1 aromatic carbocycles. The van der Waals surface area contributed by atoms with Crippen molar-refractivity contribution < 1.29 is 4.39 Å². The highest BCUT2D eigenvalue weighted by atomic mass is 19.1. The maximum Gasteiger partial charge on any atom is 0.123 e. The normalized spacial score (nSPS) is 21.1. The Morgan fingerprint density at radius 2 is 2.06 bits per heavy atom.